The van der Waals surface area contributed by atoms with E-state index in [-0.39, 0.29) is 18.5 Å². The molecule has 0 aliphatic heterocycles. The summed E-state index contributed by atoms with van der Waals surface area (Å²) in [5, 5.41) is 11.1. The summed E-state index contributed by atoms with van der Waals surface area (Å²) >= 11 is 0. The van der Waals surface area contributed by atoms with E-state index in [1.807, 2.05) is 0 Å². The molecule has 0 unspecified atom stereocenters. The fraction of sp³-hybridized carbons (Fsp3) is 0.250. The van der Waals surface area contributed by atoms with Crippen LogP contribution in [0.3, 0.4) is 0 Å². The van der Waals surface area contributed by atoms with Crippen molar-refractivity contribution in [2.45, 2.75) is 25.2 Å². The third-order valence-electron chi connectivity index (χ3n) is 3.79. The number of rotatable bonds is 6. The van der Waals surface area contributed by atoms with Crippen molar-refractivity contribution in [3.63, 3.8) is 0 Å². The Morgan fingerprint density at radius 2 is 1.68 bits per heavy atom. The van der Waals surface area contributed by atoms with Gasteiger partial charge in [-0.2, -0.15) is 0 Å². The molecule has 0 amide bonds. The molecule has 0 saturated heterocycles. The van der Waals surface area contributed by atoms with Gasteiger partial charge in [-0.15, -0.1) is 0 Å². The maximum Gasteiger partial charge on any atom is 0.289 e. The van der Waals surface area contributed by atoms with Gasteiger partial charge >= 0.3 is 0 Å². The van der Waals surface area contributed by atoms with Crippen LogP contribution in [0.5, 0.6) is 0 Å². The fourth-order valence-corrected chi connectivity index (χ4v) is 3.56. The van der Waals surface area contributed by atoms with Gasteiger partial charge in [0.1, 0.15) is 11.6 Å². The molecule has 2 aromatic rings. The van der Waals surface area contributed by atoms with E-state index in [0.717, 1.165) is 12.1 Å². The van der Waals surface area contributed by atoms with Gasteiger partial charge in [-0.1, -0.05) is 6.07 Å². The number of sulfonamides is 1. The van der Waals surface area contributed by atoms with Gasteiger partial charge in [0.15, 0.2) is 4.90 Å². The van der Waals surface area contributed by atoms with Gasteiger partial charge in [-0.3, -0.25) is 10.1 Å². The number of nitro benzene ring substituents is 1. The summed E-state index contributed by atoms with van der Waals surface area (Å²) < 4.78 is 54.0. The summed E-state index contributed by atoms with van der Waals surface area (Å²) in [6, 6.07) is 5.73. The standard InChI is InChI=1S/C16H16F2N2O4S/c1-10-8-15(20(21)22)16(9-11(10)2)25(23,24)19-7-6-12-13(17)4-3-5-14(12)18/h3-5,8-9,19H,6-7H2,1-2H3. The van der Waals surface area contributed by atoms with Crippen LogP contribution in [0.15, 0.2) is 35.2 Å². The van der Waals surface area contributed by atoms with Crippen LogP contribution in [-0.4, -0.2) is 19.9 Å². The van der Waals surface area contributed by atoms with Crippen LogP contribution < -0.4 is 4.72 Å². The van der Waals surface area contributed by atoms with Crippen molar-refractivity contribution in [3.8, 4) is 0 Å². The highest BCUT2D eigenvalue weighted by Crippen LogP contribution is 2.27. The number of benzene rings is 2. The molecule has 0 radical (unpaired) electrons. The van der Waals surface area contributed by atoms with Crippen LogP contribution in [0.25, 0.3) is 0 Å². The lowest BCUT2D eigenvalue weighted by molar-refractivity contribution is -0.387. The van der Waals surface area contributed by atoms with E-state index in [1.165, 1.54) is 18.2 Å². The van der Waals surface area contributed by atoms with Gasteiger partial charge in [0.25, 0.3) is 5.69 Å². The summed E-state index contributed by atoms with van der Waals surface area (Å²) in [6.45, 7) is 2.96. The van der Waals surface area contributed by atoms with Gasteiger partial charge in [0.05, 0.1) is 4.92 Å². The summed E-state index contributed by atoms with van der Waals surface area (Å²) in [4.78, 5) is 9.87. The van der Waals surface area contributed by atoms with Gasteiger partial charge in [-0.05, 0) is 49.6 Å². The third-order valence-corrected chi connectivity index (χ3v) is 5.28. The maximum atomic E-state index is 13.6. The Balaban J connectivity index is 2.25. The van der Waals surface area contributed by atoms with Gasteiger partial charge < -0.3 is 0 Å². The Kier molecular flexibility index (Phi) is 5.48. The number of aryl methyl sites for hydroxylation is 2. The van der Waals surface area contributed by atoms with E-state index in [1.54, 1.807) is 13.8 Å². The van der Waals surface area contributed by atoms with E-state index >= 15 is 0 Å². The summed E-state index contributed by atoms with van der Waals surface area (Å²) in [5.74, 6) is -1.56. The first-order chi connectivity index (χ1) is 11.6. The average molecular weight is 370 g/mol. The first-order valence-electron chi connectivity index (χ1n) is 7.31. The SMILES string of the molecule is Cc1cc([N+](=O)[O-])c(S(=O)(=O)NCCc2c(F)cccc2F)cc1C. The second-order valence-corrected chi connectivity index (χ2v) is 7.24. The van der Waals surface area contributed by atoms with E-state index in [2.05, 4.69) is 4.72 Å². The van der Waals surface area contributed by atoms with Crippen LogP contribution in [0.2, 0.25) is 0 Å². The second-order valence-electron chi connectivity index (χ2n) is 5.51. The van der Waals surface area contributed by atoms with Crippen LogP contribution >= 0.6 is 0 Å². The first kappa shape index (κ1) is 18.9. The summed E-state index contributed by atoms with van der Waals surface area (Å²) in [6.07, 6.45) is -0.226. The molecule has 0 heterocycles. The first-order valence-corrected chi connectivity index (χ1v) is 8.80. The Morgan fingerprint density at radius 1 is 1.12 bits per heavy atom. The van der Waals surface area contributed by atoms with Crippen molar-refractivity contribution in [2.75, 3.05) is 6.54 Å². The molecule has 2 aromatic carbocycles. The number of hydrogen-bond donors (Lipinski definition) is 1. The lowest BCUT2D eigenvalue weighted by atomic mass is 10.1. The van der Waals surface area contributed by atoms with Crippen molar-refractivity contribution in [3.05, 3.63) is 68.8 Å². The Labute approximate surface area is 143 Å². The normalized spacial score (nSPS) is 11.5. The lowest BCUT2D eigenvalue weighted by Crippen LogP contribution is -2.27. The molecule has 1 N–H and O–H groups in total. The Morgan fingerprint density at radius 3 is 2.24 bits per heavy atom. The highest BCUT2D eigenvalue weighted by molar-refractivity contribution is 7.89. The number of nitrogens with zero attached hydrogens (tertiary/aromatic N) is 1. The smallest absolute Gasteiger partial charge is 0.258 e. The van der Waals surface area contributed by atoms with Crippen molar-refractivity contribution in [1.29, 1.82) is 0 Å². The predicted molar refractivity (Wildman–Crippen MR) is 87.8 cm³/mol. The van der Waals surface area contributed by atoms with Crippen LogP contribution in [0.1, 0.15) is 16.7 Å². The summed E-state index contributed by atoms with van der Waals surface area (Å²) in [5.41, 5.74) is 0.359. The molecule has 0 aliphatic carbocycles. The van der Waals surface area contributed by atoms with E-state index in [0.29, 0.717) is 11.1 Å². The molecule has 0 atom stereocenters. The van der Waals surface area contributed by atoms with Crippen molar-refractivity contribution in [1.82, 2.24) is 4.72 Å². The lowest BCUT2D eigenvalue weighted by Gasteiger charge is -2.10. The number of nitro groups is 1. The highest BCUT2D eigenvalue weighted by atomic mass is 32.2. The molecule has 0 spiro atoms. The molecular formula is C16H16F2N2O4S. The number of hydrogen-bond acceptors (Lipinski definition) is 4. The van der Waals surface area contributed by atoms with E-state index < -0.39 is 37.2 Å². The monoisotopic (exact) mass is 370 g/mol. The fourth-order valence-electron chi connectivity index (χ4n) is 2.29. The Bertz CT molecular complexity index is 910. The molecule has 0 aromatic heterocycles. The quantitative estimate of drug-likeness (QED) is 0.625. The molecule has 6 nitrogen and oxygen atoms in total. The van der Waals surface area contributed by atoms with Crippen molar-refractivity contribution >= 4 is 15.7 Å². The predicted octanol–water partition coefficient (Wildman–Crippen LogP) is 3.01. The molecule has 0 fully saturated rings. The van der Waals surface area contributed by atoms with Crippen molar-refractivity contribution < 1.29 is 22.1 Å². The minimum atomic E-state index is -4.21. The molecule has 9 heteroatoms. The zero-order valence-electron chi connectivity index (χ0n) is 13.5. The van der Waals surface area contributed by atoms with Crippen molar-refractivity contribution in [2.24, 2.45) is 0 Å². The average Bonchev–Trinajstić information content (AvgIpc) is 2.52. The maximum absolute atomic E-state index is 13.6. The molecule has 2 rings (SSSR count). The van der Waals surface area contributed by atoms with E-state index in [4.69, 9.17) is 0 Å². The molecular weight excluding hydrogens is 354 g/mol. The highest BCUT2D eigenvalue weighted by Gasteiger charge is 2.26. The minimum absolute atomic E-state index is 0.226. The summed E-state index contributed by atoms with van der Waals surface area (Å²) in [7, 11) is -4.21. The minimum Gasteiger partial charge on any atom is -0.258 e. The van der Waals surface area contributed by atoms with Gasteiger partial charge in [0.2, 0.25) is 10.0 Å². The van der Waals surface area contributed by atoms with Crippen LogP contribution in [0, 0.1) is 35.6 Å². The molecule has 0 bridgehead atoms. The second kappa shape index (κ2) is 7.24. The number of nitrogens with one attached hydrogen (secondary N) is 1. The molecule has 0 saturated carbocycles. The van der Waals surface area contributed by atoms with Crippen LogP contribution in [0.4, 0.5) is 14.5 Å². The zero-order chi connectivity index (χ0) is 18.8. The van der Waals surface area contributed by atoms with Gasteiger partial charge in [0, 0.05) is 18.2 Å². The third kappa shape index (κ3) is 4.18. The molecule has 25 heavy (non-hydrogen) atoms. The molecule has 0 aliphatic rings. The van der Waals surface area contributed by atoms with E-state index in [9.17, 15) is 27.3 Å². The largest absolute Gasteiger partial charge is 0.289 e. The van der Waals surface area contributed by atoms with Gasteiger partial charge in [-0.25, -0.2) is 21.9 Å². The van der Waals surface area contributed by atoms with Crippen LogP contribution in [-0.2, 0) is 16.4 Å². The topological polar surface area (TPSA) is 89.3 Å². The number of halogens is 2. The molecule has 134 valence electrons. The Hall–Kier alpha value is -2.39. The zero-order valence-corrected chi connectivity index (χ0v) is 14.4.